The zero-order chi connectivity index (χ0) is 25.7. The van der Waals surface area contributed by atoms with Crippen LogP contribution < -0.4 is 5.32 Å². The molecule has 190 valence electrons. The summed E-state index contributed by atoms with van der Waals surface area (Å²) < 4.78 is 53.7. The van der Waals surface area contributed by atoms with Crippen LogP contribution in [0.4, 0.5) is 14.5 Å². The molecule has 11 heteroatoms. The minimum absolute atomic E-state index is 0.00642. The van der Waals surface area contributed by atoms with Crippen LogP contribution in [0.15, 0.2) is 41.3 Å². The molecule has 1 amide bonds. The van der Waals surface area contributed by atoms with Crippen molar-refractivity contribution in [2.24, 2.45) is 11.8 Å². The number of hydrogen-bond acceptors (Lipinski definition) is 6. The van der Waals surface area contributed by atoms with Gasteiger partial charge in [-0.15, -0.1) is 0 Å². The summed E-state index contributed by atoms with van der Waals surface area (Å²) in [6.45, 7) is 1.38. The van der Waals surface area contributed by atoms with Gasteiger partial charge in [-0.2, -0.15) is 0 Å². The van der Waals surface area contributed by atoms with Crippen molar-refractivity contribution in [2.75, 3.05) is 5.32 Å². The van der Waals surface area contributed by atoms with E-state index in [1.807, 2.05) is 0 Å². The van der Waals surface area contributed by atoms with Crippen LogP contribution in [-0.4, -0.2) is 52.7 Å². The zero-order valence-corrected chi connectivity index (χ0v) is 20.4. The second-order valence-electron chi connectivity index (χ2n) is 9.41. The predicted octanol–water partition coefficient (Wildman–Crippen LogP) is 3.31. The Kier molecular flexibility index (Phi) is 6.98. The lowest BCUT2D eigenvalue weighted by molar-refractivity contribution is -0.172. The third-order valence-electron chi connectivity index (χ3n) is 7.31. The van der Waals surface area contributed by atoms with E-state index in [-0.39, 0.29) is 34.0 Å². The second-order valence-corrected chi connectivity index (χ2v) is 12.0. The number of benzene rings is 2. The van der Waals surface area contributed by atoms with Crippen molar-refractivity contribution in [1.29, 1.82) is 0 Å². The maximum atomic E-state index is 13.6. The van der Waals surface area contributed by atoms with Gasteiger partial charge < -0.3 is 20.6 Å². The number of hydrogen-bond donors (Lipinski definition) is 4. The van der Waals surface area contributed by atoms with Crippen molar-refractivity contribution >= 4 is 33.0 Å². The topological polar surface area (TPSA) is 124 Å². The van der Waals surface area contributed by atoms with Gasteiger partial charge in [-0.05, 0) is 74.8 Å². The van der Waals surface area contributed by atoms with E-state index in [1.54, 1.807) is 0 Å². The summed E-state index contributed by atoms with van der Waals surface area (Å²) in [5.41, 5.74) is -1.62. The summed E-state index contributed by atoms with van der Waals surface area (Å²) >= 11 is 6.21. The normalized spacial score (nSPS) is 27.9. The van der Waals surface area contributed by atoms with Crippen molar-refractivity contribution < 1.29 is 37.3 Å². The number of nitrogens with one attached hydrogen (secondary N) is 1. The lowest BCUT2D eigenvalue weighted by Gasteiger charge is -2.46. The molecule has 2 aromatic carbocycles. The number of fused-ring (bicyclic) bond motifs is 2. The quantitative estimate of drug-likeness (QED) is 0.455. The fourth-order valence-corrected chi connectivity index (χ4v) is 7.89. The molecule has 0 heterocycles. The van der Waals surface area contributed by atoms with E-state index in [2.05, 4.69) is 5.32 Å². The molecule has 35 heavy (non-hydrogen) atoms. The third kappa shape index (κ3) is 4.58. The Balaban J connectivity index is 1.59. The first kappa shape index (κ1) is 26.0. The maximum Gasteiger partial charge on any atom is 0.255 e. The van der Waals surface area contributed by atoms with Crippen molar-refractivity contribution in [3.05, 3.63) is 58.6 Å². The Hall–Kier alpha value is -2.11. The molecule has 2 unspecified atom stereocenters. The SMILES string of the molecule is C[C@H](O)[C@@H](O)C1(O)[C@@H]2CC[C@H]1CC(S(=O)(=O)c1cc(C(=O)Nc3ccc(F)c(F)c3)ccc1Cl)C2. The number of aliphatic hydroxyl groups is 3. The molecular weight excluding hydrogens is 504 g/mol. The van der Waals surface area contributed by atoms with Gasteiger partial charge in [0.05, 0.1) is 26.9 Å². The summed E-state index contributed by atoms with van der Waals surface area (Å²) in [5, 5.41) is 32.9. The molecule has 2 aliphatic carbocycles. The highest BCUT2D eigenvalue weighted by Gasteiger charge is 2.59. The van der Waals surface area contributed by atoms with Gasteiger partial charge in [0, 0.05) is 17.3 Å². The Labute approximate surface area is 206 Å². The summed E-state index contributed by atoms with van der Waals surface area (Å²) in [6.07, 6.45) is -1.39. The Morgan fingerprint density at radius 1 is 1.09 bits per heavy atom. The lowest BCUT2D eigenvalue weighted by atomic mass is 9.70. The van der Waals surface area contributed by atoms with Crippen LogP contribution >= 0.6 is 11.6 Å². The standard InChI is InChI=1S/C24H26ClF2NO6S/c1-12(29)22(30)24(32)14-3-4-15(24)10-17(9-14)35(33,34)21-8-13(2-6-18(21)25)23(31)28-16-5-7-19(26)20(27)11-16/h2,5-8,11-12,14-15,17,22,29-30,32H,3-4,9-10H2,1H3,(H,28,31)/t12-,14-,15+,17?,22+,24?/m0/s1. The number of anilines is 1. The van der Waals surface area contributed by atoms with Crippen LogP contribution in [0, 0.1) is 23.5 Å². The molecule has 0 saturated heterocycles. The van der Waals surface area contributed by atoms with E-state index in [0.717, 1.165) is 18.2 Å². The summed E-state index contributed by atoms with van der Waals surface area (Å²) in [7, 11) is -4.03. The van der Waals surface area contributed by atoms with Crippen LogP contribution in [0.3, 0.4) is 0 Å². The van der Waals surface area contributed by atoms with Crippen LogP contribution in [0.5, 0.6) is 0 Å². The molecular formula is C24H26ClF2NO6S. The molecule has 0 radical (unpaired) electrons. The highest BCUT2D eigenvalue weighted by molar-refractivity contribution is 7.92. The van der Waals surface area contributed by atoms with Gasteiger partial charge in [0.15, 0.2) is 21.5 Å². The molecule has 6 atom stereocenters. The zero-order valence-electron chi connectivity index (χ0n) is 18.8. The number of rotatable bonds is 6. The summed E-state index contributed by atoms with van der Waals surface area (Å²) in [6, 6.07) is 6.57. The first-order valence-electron chi connectivity index (χ1n) is 11.2. The van der Waals surface area contributed by atoms with Gasteiger partial charge in [0.25, 0.3) is 5.91 Å². The van der Waals surface area contributed by atoms with Gasteiger partial charge in [-0.1, -0.05) is 11.6 Å². The molecule has 0 spiro atoms. The van der Waals surface area contributed by atoms with Crippen molar-refractivity contribution in [3.8, 4) is 0 Å². The van der Waals surface area contributed by atoms with Crippen molar-refractivity contribution in [3.63, 3.8) is 0 Å². The van der Waals surface area contributed by atoms with Crippen molar-refractivity contribution in [2.45, 2.75) is 60.6 Å². The smallest absolute Gasteiger partial charge is 0.255 e. The van der Waals surface area contributed by atoms with Crippen LogP contribution in [0.25, 0.3) is 0 Å². The molecule has 2 fully saturated rings. The van der Waals surface area contributed by atoms with E-state index in [1.165, 1.54) is 25.1 Å². The van der Waals surface area contributed by atoms with E-state index in [0.29, 0.717) is 12.8 Å². The molecule has 4 rings (SSSR count). The Morgan fingerprint density at radius 3 is 2.29 bits per heavy atom. The van der Waals surface area contributed by atoms with Gasteiger partial charge in [-0.25, -0.2) is 17.2 Å². The molecule has 0 aromatic heterocycles. The highest BCUT2D eigenvalue weighted by atomic mass is 35.5. The van der Waals surface area contributed by atoms with Gasteiger partial charge in [0.1, 0.15) is 6.10 Å². The number of sulfone groups is 1. The Morgan fingerprint density at radius 2 is 1.71 bits per heavy atom. The highest BCUT2D eigenvalue weighted by Crippen LogP contribution is 2.54. The van der Waals surface area contributed by atoms with E-state index >= 15 is 0 Å². The number of aliphatic hydroxyl groups excluding tert-OH is 2. The molecule has 2 aliphatic rings. The average molecular weight is 530 g/mol. The Bertz CT molecular complexity index is 1240. The number of halogens is 3. The first-order chi connectivity index (χ1) is 16.4. The monoisotopic (exact) mass is 529 g/mol. The number of carbonyl (C=O) groups excluding carboxylic acids is 1. The van der Waals surface area contributed by atoms with Crippen LogP contribution in [0.2, 0.25) is 5.02 Å². The lowest BCUT2D eigenvalue weighted by Crippen LogP contribution is -2.58. The van der Waals surface area contributed by atoms with E-state index < -0.39 is 62.3 Å². The molecule has 0 aliphatic heterocycles. The van der Waals surface area contributed by atoms with Gasteiger partial charge >= 0.3 is 0 Å². The number of carbonyl (C=O) groups is 1. The van der Waals surface area contributed by atoms with E-state index in [9.17, 15) is 37.3 Å². The maximum absolute atomic E-state index is 13.6. The summed E-state index contributed by atoms with van der Waals surface area (Å²) in [5.74, 6) is -4.00. The van der Waals surface area contributed by atoms with Crippen molar-refractivity contribution in [1.82, 2.24) is 0 Å². The molecule has 2 saturated carbocycles. The first-order valence-corrected chi connectivity index (χ1v) is 13.2. The minimum Gasteiger partial charge on any atom is -0.391 e. The molecule has 2 bridgehead atoms. The third-order valence-corrected chi connectivity index (χ3v) is 9.97. The molecule has 2 aromatic rings. The minimum atomic E-state index is -4.03. The summed E-state index contributed by atoms with van der Waals surface area (Å²) in [4.78, 5) is 12.4. The fourth-order valence-electron chi connectivity index (χ4n) is 5.48. The van der Waals surface area contributed by atoms with Gasteiger partial charge in [-0.3, -0.25) is 4.79 Å². The molecule has 4 N–H and O–H groups in total. The number of amides is 1. The fraction of sp³-hybridized carbons (Fsp3) is 0.458. The van der Waals surface area contributed by atoms with Crippen LogP contribution in [-0.2, 0) is 9.84 Å². The largest absolute Gasteiger partial charge is 0.391 e. The predicted molar refractivity (Wildman–Crippen MR) is 125 cm³/mol. The average Bonchev–Trinajstić information content (AvgIpc) is 2.97. The second kappa shape index (κ2) is 9.40. The van der Waals surface area contributed by atoms with E-state index in [4.69, 9.17) is 11.6 Å². The molecule has 7 nitrogen and oxygen atoms in total. The van der Waals surface area contributed by atoms with Gasteiger partial charge in [0.2, 0.25) is 0 Å². The van der Waals surface area contributed by atoms with Crippen LogP contribution in [0.1, 0.15) is 43.0 Å².